The monoisotopic (exact) mass is 704 g/mol. The van der Waals surface area contributed by atoms with Gasteiger partial charge >= 0.3 is 24.5 Å². The highest BCUT2D eigenvalue weighted by molar-refractivity contribution is 5.89. The van der Waals surface area contributed by atoms with Crippen LogP contribution in [0.5, 0.6) is 0 Å². The van der Waals surface area contributed by atoms with Gasteiger partial charge in [0.1, 0.15) is 11.2 Å². The molecule has 0 aliphatic carbocycles. The largest absolute Gasteiger partial charge is 0.444 e. The number of ether oxygens (including phenoxy) is 2. The van der Waals surface area contributed by atoms with Gasteiger partial charge in [0.25, 0.3) is 0 Å². The van der Waals surface area contributed by atoms with Crippen LogP contribution in [-0.4, -0.2) is 28.9 Å². The van der Waals surface area contributed by atoms with Crippen molar-refractivity contribution in [3.8, 4) is 0 Å². The molecular formula is C37H54F6N2O4. The second-order valence-electron chi connectivity index (χ2n) is 15.7. The van der Waals surface area contributed by atoms with Crippen molar-refractivity contribution in [1.29, 1.82) is 0 Å². The Morgan fingerprint density at radius 2 is 1.16 bits per heavy atom. The summed E-state index contributed by atoms with van der Waals surface area (Å²) in [6.07, 6.45) is -8.52. The Morgan fingerprint density at radius 1 is 0.694 bits per heavy atom. The third kappa shape index (κ3) is 16.2. The number of alkyl halides is 6. The van der Waals surface area contributed by atoms with E-state index in [9.17, 15) is 35.9 Å². The molecule has 0 aliphatic heterocycles. The number of carbonyl (C=O) groups is 2. The number of carbonyl (C=O) groups excluding carboxylic acids is 2. The zero-order valence-corrected chi connectivity index (χ0v) is 31.1. The van der Waals surface area contributed by atoms with E-state index in [0.717, 1.165) is 30.7 Å². The van der Waals surface area contributed by atoms with Gasteiger partial charge in [-0.25, -0.2) is 9.59 Å². The maximum absolute atomic E-state index is 13.4. The lowest BCUT2D eigenvalue weighted by Crippen LogP contribution is -2.48. The molecule has 12 heteroatoms. The molecule has 49 heavy (non-hydrogen) atoms. The molecule has 2 aromatic rings. The van der Waals surface area contributed by atoms with E-state index in [1.807, 2.05) is 27.7 Å². The molecule has 1 unspecified atom stereocenters. The summed E-state index contributed by atoms with van der Waals surface area (Å²) in [5.74, 6) is 0.448. The predicted octanol–water partition coefficient (Wildman–Crippen LogP) is 12.1. The maximum Gasteiger partial charge on any atom is 0.416 e. The number of amides is 2. The quantitative estimate of drug-likeness (QED) is 0.291. The van der Waals surface area contributed by atoms with Crippen molar-refractivity contribution in [3.05, 3.63) is 58.7 Å². The molecule has 0 saturated heterocycles. The number of anilines is 2. The minimum Gasteiger partial charge on any atom is -0.444 e. The summed E-state index contributed by atoms with van der Waals surface area (Å²) in [5, 5.41) is 2.38. The Kier molecular flexibility index (Phi) is 14.7. The van der Waals surface area contributed by atoms with Crippen LogP contribution in [0.1, 0.15) is 119 Å². The van der Waals surface area contributed by atoms with Crippen LogP contribution in [0.25, 0.3) is 0 Å². The molecule has 0 heterocycles. The molecule has 0 radical (unpaired) electrons. The van der Waals surface area contributed by atoms with Crippen LogP contribution < -0.4 is 10.2 Å². The van der Waals surface area contributed by atoms with Crippen molar-refractivity contribution in [2.24, 2.45) is 11.8 Å². The fourth-order valence-corrected chi connectivity index (χ4v) is 4.64. The highest BCUT2D eigenvalue weighted by Gasteiger charge is 2.36. The molecule has 2 aromatic carbocycles. The van der Waals surface area contributed by atoms with Crippen molar-refractivity contribution < 1.29 is 45.4 Å². The van der Waals surface area contributed by atoms with Crippen LogP contribution >= 0.6 is 0 Å². The van der Waals surface area contributed by atoms with Crippen LogP contribution in [0, 0.1) is 11.8 Å². The van der Waals surface area contributed by atoms with Gasteiger partial charge < -0.3 is 9.47 Å². The normalized spacial score (nSPS) is 13.3. The third-order valence-electron chi connectivity index (χ3n) is 6.70. The first-order valence-electron chi connectivity index (χ1n) is 16.4. The lowest BCUT2D eigenvalue weighted by atomic mass is 9.97. The van der Waals surface area contributed by atoms with E-state index in [1.54, 1.807) is 74.4 Å². The molecule has 278 valence electrons. The van der Waals surface area contributed by atoms with Gasteiger partial charge in [-0.2, -0.15) is 26.3 Å². The first-order chi connectivity index (χ1) is 21.9. The van der Waals surface area contributed by atoms with E-state index >= 15 is 0 Å². The molecule has 0 fully saturated rings. The molecule has 0 spiro atoms. The zero-order chi connectivity index (χ0) is 38.3. The lowest BCUT2D eigenvalue weighted by Gasteiger charge is -2.37. The van der Waals surface area contributed by atoms with Gasteiger partial charge in [0.05, 0.1) is 11.1 Å². The van der Waals surface area contributed by atoms with E-state index in [0.29, 0.717) is 24.0 Å². The highest BCUT2D eigenvalue weighted by Crippen LogP contribution is 2.36. The molecule has 1 N–H and O–H groups in total. The molecule has 0 bridgehead atoms. The average Bonchev–Trinajstić information content (AvgIpc) is 2.84. The molecule has 6 nitrogen and oxygen atoms in total. The van der Waals surface area contributed by atoms with Crippen molar-refractivity contribution in [3.63, 3.8) is 0 Å². The van der Waals surface area contributed by atoms with Gasteiger partial charge in [-0.3, -0.25) is 10.2 Å². The van der Waals surface area contributed by atoms with E-state index in [4.69, 9.17) is 9.47 Å². The van der Waals surface area contributed by atoms with Crippen LogP contribution in [-0.2, 0) is 34.7 Å². The lowest BCUT2D eigenvalue weighted by molar-refractivity contribution is -0.138. The summed E-state index contributed by atoms with van der Waals surface area (Å²) in [6.45, 7) is 23.4. The number of halogens is 6. The Hall–Kier alpha value is -3.44. The molecule has 0 aliphatic rings. The molecule has 2 rings (SSSR count). The van der Waals surface area contributed by atoms with E-state index < -0.39 is 52.4 Å². The standard InChI is InChI=1S/C20H30F3NO2.C17H24F3NO2/c1-13(2)9-14-10-15(20(21,22)23)12-16(11-14)24(18(3,4)5)17(25)26-19(6,7)8;1-6-11(2)7-12-8-13(17(18,19)20)10-14(9-12)21-15(22)23-16(3,4)5/h10-13H,9H2,1-8H3;8-11H,6-7H2,1-5H3,(H,21,22). The highest BCUT2D eigenvalue weighted by atomic mass is 19.4. The SMILES string of the molecule is CC(C)Cc1cc(N(C(=O)OC(C)(C)C)C(C)(C)C)cc(C(F)(F)F)c1.CCC(C)Cc1cc(NC(=O)OC(C)(C)C)cc(C(F)(F)F)c1. The molecule has 2 amide bonds. The van der Waals surface area contributed by atoms with Crippen LogP contribution in [0.3, 0.4) is 0 Å². The minimum absolute atomic E-state index is 0.0902. The number of hydrogen-bond acceptors (Lipinski definition) is 4. The summed E-state index contributed by atoms with van der Waals surface area (Å²) in [4.78, 5) is 25.8. The van der Waals surface area contributed by atoms with Crippen LogP contribution in [0.2, 0.25) is 0 Å². The Morgan fingerprint density at radius 3 is 1.57 bits per heavy atom. The van der Waals surface area contributed by atoms with Gasteiger partial charge in [0, 0.05) is 16.9 Å². The van der Waals surface area contributed by atoms with Crippen LogP contribution in [0.4, 0.5) is 47.3 Å². The van der Waals surface area contributed by atoms with Gasteiger partial charge in [-0.15, -0.1) is 0 Å². The summed E-state index contributed by atoms with van der Waals surface area (Å²) in [5.41, 5.74) is -2.38. The Balaban J connectivity index is 0.000000494. The van der Waals surface area contributed by atoms with Gasteiger partial charge in [0.2, 0.25) is 0 Å². The smallest absolute Gasteiger partial charge is 0.416 e. The van der Waals surface area contributed by atoms with Gasteiger partial charge in [-0.05, 0) is 135 Å². The summed E-state index contributed by atoms with van der Waals surface area (Å²) < 4.78 is 89.8. The number of nitrogens with zero attached hydrogens (tertiary/aromatic N) is 1. The van der Waals surface area contributed by atoms with Crippen LogP contribution in [0.15, 0.2) is 36.4 Å². The third-order valence-corrected chi connectivity index (χ3v) is 6.70. The predicted molar refractivity (Wildman–Crippen MR) is 183 cm³/mol. The minimum atomic E-state index is -4.49. The Bertz CT molecular complexity index is 1400. The number of rotatable bonds is 7. The van der Waals surface area contributed by atoms with Gasteiger partial charge in [-0.1, -0.05) is 34.1 Å². The van der Waals surface area contributed by atoms with E-state index in [1.165, 1.54) is 4.90 Å². The molecular weight excluding hydrogens is 650 g/mol. The van der Waals surface area contributed by atoms with Gasteiger partial charge in [0.15, 0.2) is 0 Å². The molecule has 1 atom stereocenters. The van der Waals surface area contributed by atoms with E-state index in [-0.39, 0.29) is 23.2 Å². The fourth-order valence-electron chi connectivity index (χ4n) is 4.64. The van der Waals surface area contributed by atoms with Crippen molar-refractivity contribution >= 4 is 23.6 Å². The first-order valence-corrected chi connectivity index (χ1v) is 16.4. The second-order valence-corrected chi connectivity index (χ2v) is 15.7. The number of nitrogens with one attached hydrogen (secondary N) is 1. The average molecular weight is 705 g/mol. The second kappa shape index (κ2) is 16.5. The molecule has 0 saturated carbocycles. The molecule has 0 aromatic heterocycles. The summed E-state index contributed by atoms with van der Waals surface area (Å²) in [6, 6.07) is 7.42. The maximum atomic E-state index is 13.4. The van der Waals surface area contributed by atoms with E-state index in [2.05, 4.69) is 5.32 Å². The van der Waals surface area contributed by atoms with Crippen molar-refractivity contribution in [2.45, 2.75) is 138 Å². The Labute approximate surface area is 287 Å². The van der Waals surface area contributed by atoms with Crippen molar-refractivity contribution in [2.75, 3.05) is 10.2 Å². The summed E-state index contributed by atoms with van der Waals surface area (Å²) in [7, 11) is 0. The van der Waals surface area contributed by atoms with Crippen molar-refractivity contribution in [1.82, 2.24) is 0 Å². The topological polar surface area (TPSA) is 67.9 Å². The summed E-state index contributed by atoms with van der Waals surface area (Å²) >= 11 is 0. The zero-order valence-electron chi connectivity index (χ0n) is 31.1. The fraction of sp³-hybridized carbons (Fsp3) is 0.622. The number of benzene rings is 2. The number of hydrogen-bond donors (Lipinski definition) is 1. The first kappa shape index (κ1) is 43.6.